The number of hydrogen-bond donors (Lipinski definition) is 1. The highest BCUT2D eigenvalue weighted by Crippen LogP contribution is 2.29. The topological polar surface area (TPSA) is 66.5 Å². The van der Waals surface area contributed by atoms with E-state index >= 15 is 0 Å². The number of carbonyl (C=O) groups is 1. The summed E-state index contributed by atoms with van der Waals surface area (Å²) < 4.78 is 28.4. The van der Waals surface area contributed by atoms with Crippen LogP contribution < -0.4 is 9.62 Å². The van der Waals surface area contributed by atoms with Gasteiger partial charge in [0.2, 0.25) is 5.91 Å². The van der Waals surface area contributed by atoms with Gasteiger partial charge >= 0.3 is 0 Å². The lowest BCUT2D eigenvalue weighted by Crippen LogP contribution is -2.42. The Kier molecular flexibility index (Phi) is 7.36. The van der Waals surface area contributed by atoms with Crippen LogP contribution >= 0.6 is 0 Å². The highest BCUT2D eigenvalue weighted by Gasteiger charge is 2.29. The van der Waals surface area contributed by atoms with Gasteiger partial charge < -0.3 is 5.32 Å². The van der Waals surface area contributed by atoms with Crippen molar-refractivity contribution in [3.8, 4) is 0 Å². The zero-order chi connectivity index (χ0) is 23.3. The standard InChI is InChI=1S/C26H30N2O3S/c1-5-24(22-11-7-6-8-12-22)27-26(29)18-28(25-13-9-10-20(3)21(25)4)32(30,31)23-16-14-19(2)15-17-23/h6-17,24H,5,18H2,1-4H3,(H,27,29). The smallest absolute Gasteiger partial charge is 0.264 e. The first kappa shape index (κ1) is 23.5. The monoisotopic (exact) mass is 450 g/mol. The highest BCUT2D eigenvalue weighted by atomic mass is 32.2. The number of benzene rings is 3. The van der Waals surface area contributed by atoms with Crippen molar-refractivity contribution in [1.29, 1.82) is 0 Å². The fraction of sp³-hybridized carbons (Fsp3) is 0.269. The minimum Gasteiger partial charge on any atom is -0.348 e. The maximum Gasteiger partial charge on any atom is 0.264 e. The molecule has 3 rings (SSSR count). The van der Waals surface area contributed by atoms with Crippen LogP contribution in [0.1, 0.15) is 41.6 Å². The van der Waals surface area contributed by atoms with E-state index in [-0.39, 0.29) is 23.4 Å². The normalized spacial score (nSPS) is 12.2. The number of nitrogens with zero attached hydrogens (tertiary/aromatic N) is 1. The molecule has 0 aliphatic rings. The Balaban J connectivity index is 1.97. The lowest BCUT2D eigenvalue weighted by atomic mass is 10.0. The predicted molar refractivity (Wildman–Crippen MR) is 129 cm³/mol. The first-order chi connectivity index (χ1) is 15.2. The number of anilines is 1. The molecule has 1 N–H and O–H groups in total. The van der Waals surface area contributed by atoms with Gasteiger partial charge in [0.25, 0.3) is 10.0 Å². The Morgan fingerprint density at radius 3 is 2.19 bits per heavy atom. The average Bonchev–Trinajstić information content (AvgIpc) is 2.79. The largest absolute Gasteiger partial charge is 0.348 e. The van der Waals surface area contributed by atoms with Crippen LogP contribution in [-0.2, 0) is 14.8 Å². The SMILES string of the molecule is CCC(NC(=O)CN(c1cccc(C)c1C)S(=O)(=O)c1ccc(C)cc1)c1ccccc1. The van der Waals surface area contributed by atoms with E-state index in [2.05, 4.69) is 5.32 Å². The summed E-state index contributed by atoms with van der Waals surface area (Å²) in [6.45, 7) is 7.39. The molecule has 0 radical (unpaired) electrons. The first-order valence-electron chi connectivity index (χ1n) is 10.7. The van der Waals surface area contributed by atoms with Gasteiger partial charge in [0, 0.05) is 0 Å². The summed E-state index contributed by atoms with van der Waals surface area (Å²) in [5, 5.41) is 3.00. The molecule has 0 fully saturated rings. The van der Waals surface area contributed by atoms with Crippen molar-refractivity contribution < 1.29 is 13.2 Å². The molecule has 1 amide bonds. The molecule has 1 unspecified atom stereocenters. The fourth-order valence-electron chi connectivity index (χ4n) is 3.62. The maximum absolute atomic E-state index is 13.6. The third-order valence-corrected chi connectivity index (χ3v) is 7.46. The summed E-state index contributed by atoms with van der Waals surface area (Å²) in [6.07, 6.45) is 0.698. The molecule has 0 heterocycles. The van der Waals surface area contributed by atoms with Crippen molar-refractivity contribution in [2.45, 2.75) is 45.1 Å². The summed E-state index contributed by atoms with van der Waals surface area (Å²) in [7, 11) is -3.94. The summed E-state index contributed by atoms with van der Waals surface area (Å²) in [5.74, 6) is -0.350. The second kappa shape index (κ2) is 10.0. The van der Waals surface area contributed by atoms with Crippen molar-refractivity contribution in [1.82, 2.24) is 5.32 Å². The van der Waals surface area contributed by atoms with Crippen molar-refractivity contribution in [3.63, 3.8) is 0 Å². The molecule has 168 valence electrons. The molecule has 5 nitrogen and oxygen atoms in total. The van der Waals surface area contributed by atoms with Crippen LogP contribution in [0.4, 0.5) is 5.69 Å². The van der Waals surface area contributed by atoms with E-state index in [0.717, 1.165) is 22.3 Å². The second-order valence-corrected chi connectivity index (χ2v) is 9.85. The van der Waals surface area contributed by atoms with Gasteiger partial charge in [-0.25, -0.2) is 8.42 Å². The van der Waals surface area contributed by atoms with Gasteiger partial charge in [0.15, 0.2) is 0 Å². The molecule has 0 bridgehead atoms. The molecule has 6 heteroatoms. The van der Waals surface area contributed by atoms with E-state index in [4.69, 9.17) is 0 Å². The Labute approximate surface area is 191 Å². The maximum atomic E-state index is 13.6. The molecule has 3 aromatic carbocycles. The van der Waals surface area contributed by atoms with E-state index in [1.54, 1.807) is 30.3 Å². The van der Waals surface area contributed by atoms with Crippen LogP contribution in [0.25, 0.3) is 0 Å². The fourth-order valence-corrected chi connectivity index (χ4v) is 5.10. The Morgan fingerprint density at radius 2 is 1.56 bits per heavy atom. The van der Waals surface area contributed by atoms with E-state index in [0.29, 0.717) is 12.1 Å². The summed E-state index contributed by atoms with van der Waals surface area (Å²) in [6, 6.07) is 21.7. The van der Waals surface area contributed by atoms with Crippen LogP contribution in [0, 0.1) is 20.8 Å². The Morgan fingerprint density at radius 1 is 0.906 bits per heavy atom. The minimum atomic E-state index is -3.94. The van der Waals surface area contributed by atoms with Crippen LogP contribution in [-0.4, -0.2) is 20.9 Å². The molecular formula is C26H30N2O3S. The number of amides is 1. The number of carbonyl (C=O) groups excluding carboxylic acids is 1. The lowest BCUT2D eigenvalue weighted by Gasteiger charge is -2.27. The zero-order valence-corrected chi connectivity index (χ0v) is 19.8. The minimum absolute atomic E-state index is 0.159. The average molecular weight is 451 g/mol. The van der Waals surface area contributed by atoms with Gasteiger partial charge in [-0.05, 0) is 62.1 Å². The molecule has 3 aromatic rings. The van der Waals surface area contributed by atoms with Gasteiger partial charge in [-0.15, -0.1) is 0 Å². The molecular weight excluding hydrogens is 420 g/mol. The van der Waals surface area contributed by atoms with Gasteiger partial charge in [-0.3, -0.25) is 9.10 Å². The molecule has 0 aromatic heterocycles. The summed E-state index contributed by atoms with van der Waals surface area (Å²) >= 11 is 0. The van der Waals surface area contributed by atoms with Crippen LogP contribution in [0.3, 0.4) is 0 Å². The number of aryl methyl sites for hydroxylation is 2. The van der Waals surface area contributed by atoms with E-state index in [9.17, 15) is 13.2 Å². The summed E-state index contributed by atoms with van der Waals surface area (Å²) in [4.78, 5) is 13.2. The third-order valence-electron chi connectivity index (χ3n) is 5.69. The molecule has 1 atom stereocenters. The lowest BCUT2D eigenvalue weighted by molar-refractivity contribution is -0.120. The molecule has 0 saturated heterocycles. The molecule has 0 saturated carbocycles. The number of sulfonamides is 1. The van der Waals surface area contributed by atoms with Crippen molar-refractivity contribution in [2.75, 3.05) is 10.8 Å². The quantitative estimate of drug-likeness (QED) is 0.521. The predicted octanol–water partition coefficient (Wildman–Crippen LogP) is 5.07. The Bertz CT molecular complexity index is 1170. The van der Waals surface area contributed by atoms with Crippen LogP contribution in [0.2, 0.25) is 0 Å². The van der Waals surface area contributed by atoms with Gasteiger partial charge in [0.05, 0.1) is 16.6 Å². The Hall–Kier alpha value is -3.12. The van der Waals surface area contributed by atoms with Crippen LogP contribution in [0.15, 0.2) is 77.7 Å². The van der Waals surface area contributed by atoms with Crippen molar-refractivity contribution in [2.24, 2.45) is 0 Å². The molecule has 0 aliphatic carbocycles. The van der Waals surface area contributed by atoms with Gasteiger partial charge in [-0.1, -0.05) is 67.1 Å². The van der Waals surface area contributed by atoms with E-state index in [1.165, 1.54) is 4.31 Å². The molecule has 32 heavy (non-hydrogen) atoms. The van der Waals surface area contributed by atoms with Crippen molar-refractivity contribution in [3.05, 3.63) is 95.1 Å². The first-order valence-corrected chi connectivity index (χ1v) is 12.2. The van der Waals surface area contributed by atoms with Gasteiger partial charge in [-0.2, -0.15) is 0 Å². The second-order valence-electron chi connectivity index (χ2n) is 7.98. The number of nitrogens with one attached hydrogen (secondary N) is 1. The number of rotatable bonds is 8. The zero-order valence-electron chi connectivity index (χ0n) is 19.0. The van der Waals surface area contributed by atoms with E-state index in [1.807, 2.05) is 70.2 Å². The van der Waals surface area contributed by atoms with E-state index < -0.39 is 10.0 Å². The molecule has 0 spiro atoms. The number of hydrogen-bond acceptors (Lipinski definition) is 3. The highest BCUT2D eigenvalue weighted by molar-refractivity contribution is 7.92. The van der Waals surface area contributed by atoms with Crippen molar-refractivity contribution >= 4 is 21.6 Å². The third kappa shape index (κ3) is 5.19. The van der Waals surface area contributed by atoms with Gasteiger partial charge in [0.1, 0.15) is 6.54 Å². The summed E-state index contributed by atoms with van der Waals surface area (Å²) in [5.41, 5.74) is 4.25. The van der Waals surface area contributed by atoms with Crippen LogP contribution in [0.5, 0.6) is 0 Å². The molecule has 0 aliphatic heterocycles.